The zero-order chi connectivity index (χ0) is 14.9. The van der Waals surface area contributed by atoms with Crippen molar-refractivity contribution in [1.82, 2.24) is 4.31 Å². The summed E-state index contributed by atoms with van der Waals surface area (Å²) in [5.41, 5.74) is 6.05. The van der Waals surface area contributed by atoms with E-state index < -0.39 is 16.1 Å². The van der Waals surface area contributed by atoms with Crippen LogP contribution in [0.5, 0.6) is 5.75 Å². The van der Waals surface area contributed by atoms with Gasteiger partial charge in [0.05, 0.1) is 13.2 Å². The molecule has 7 heteroatoms. The molecule has 2 atom stereocenters. The number of sulfonamides is 1. The van der Waals surface area contributed by atoms with E-state index in [9.17, 15) is 13.5 Å². The average molecular weight is 300 g/mol. The van der Waals surface area contributed by atoms with Crippen molar-refractivity contribution in [2.45, 2.75) is 24.3 Å². The molecule has 1 saturated heterocycles. The molecule has 0 amide bonds. The molecule has 0 spiro atoms. The quantitative estimate of drug-likeness (QED) is 0.797. The lowest BCUT2D eigenvalue weighted by molar-refractivity contribution is 0.133. The molecule has 1 aromatic rings. The smallest absolute Gasteiger partial charge is 0.246 e. The largest absolute Gasteiger partial charge is 0.495 e. The Morgan fingerprint density at radius 1 is 1.50 bits per heavy atom. The van der Waals surface area contributed by atoms with Gasteiger partial charge in [-0.05, 0) is 37.5 Å². The van der Waals surface area contributed by atoms with E-state index in [-0.39, 0.29) is 16.6 Å². The third-order valence-corrected chi connectivity index (χ3v) is 5.56. The maximum absolute atomic E-state index is 12.6. The molecule has 6 nitrogen and oxygen atoms in total. The van der Waals surface area contributed by atoms with Crippen LogP contribution in [-0.4, -0.2) is 44.1 Å². The molecule has 0 radical (unpaired) electrons. The monoisotopic (exact) mass is 300 g/mol. The van der Waals surface area contributed by atoms with Gasteiger partial charge in [-0.1, -0.05) is 0 Å². The van der Waals surface area contributed by atoms with Gasteiger partial charge in [0.2, 0.25) is 10.0 Å². The summed E-state index contributed by atoms with van der Waals surface area (Å²) >= 11 is 0. The summed E-state index contributed by atoms with van der Waals surface area (Å²) in [5, 5.41) is 9.58. The molecule has 1 aliphatic heterocycles. The fourth-order valence-electron chi connectivity index (χ4n) is 2.40. The second-order valence-electron chi connectivity index (χ2n) is 5.06. The predicted octanol–water partition coefficient (Wildman–Crippen LogP) is 0.669. The third kappa shape index (κ3) is 2.74. The van der Waals surface area contributed by atoms with Gasteiger partial charge in [0.1, 0.15) is 10.6 Å². The number of hydrogen-bond acceptors (Lipinski definition) is 5. The second-order valence-corrected chi connectivity index (χ2v) is 6.97. The van der Waals surface area contributed by atoms with Gasteiger partial charge < -0.3 is 15.6 Å². The molecule has 112 valence electrons. The van der Waals surface area contributed by atoms with Crippen LogP contribution in [-0.2, 0) is 10.0 Å². The van der Waals surface area contributed by atoms with Crippen molar-refractivity contribution in [3.8, 4) is 5.75 Å². The Bertz CT molecular complexity index is 586. The molecular formula is C13H20N2O4S. The Morgan fingerprint density at radius 3 is 2.75 bits per heavy atom. The highest BCUT2D eigenvalue weighted by molar-refractivity contribution is 7.89. The summed E-state index contributed by atoms with van der Waals surface area (Å²) in [4.78, 5) is 0.0752. The van der Waals surface area contributed by atoms with Crippen molar-refractivity contribution in [2.24, 2.45) is 5.92 Å². The van der Waals surface area contributed by atoms with Crippen LogP contribution in [0, 0.1) is 5.92 Å². The van der Waals surface area contributed by atoms with Crippen molar-refractivity contribution in [3.05, 3.63) is 18.2 Å². The van der Waals surface area contributed by atoms with Gasteiger partial charge in [-0.2, -0.15) is 4.31 Å². The Kier molecular flexibility index (Phi) is 4.22. The fourth-order valence-corrected chi connectivity index (χ4v) is 4.10. The van der Waals surface area contributed by atoms with Crippen molar-refractivity contribution >= 4 is 15.7 Å². The SMILES string of the molecule is COc1ccc(N)cc1S(=O)(=O)N1CCC(C(C)O)C1. The van der Waals surface area contributed by atoms with E-state index in [0.29, 0.717) is 25.2 Å². The number of hydrogen-bond donors (Lipinski definition) is 2. The summed E-state index contributed by atoms with van der Waals surface area (Å²) in [6.45, 7) is 2.40. The zero-order valence-electron chi connectivity index (χ0n) is 11.6. The molecule has 3 N–H and O–H groups in total. The van der Waals surface area contributed by atoms with Crippen molar-refractivity contribution in [2.75, 3.05) is 25.9 Å². The third-order valence-electron chi connectivity index (χ3n) is 3.68. The molecular weight excluding hydrogens is 280 g/mol. The number of anilines is 1. The predicted molar refractivity (Wildman–Crippen MR) is 76.0 cm³/mol. The number of aliphatic hydroxyl groups excluding tert-OH is 1. The van der Waals surface area contributed by atoms with Crippen LogP contribution >= 0.6 is 0 Å². The maximum atomic E-state index is 12.6. The normalized spacial score (nSPS) is 21.9. The van der Waals surface area contributed by atoms with Crippen LogP contribution in [0.3, 0.4) is 0 Å². The molecule has 1 aromatic carbocycles. The summed E-state index contributed by atoms with van der Waals surface area (Å²) < 4.78 is 31.8. The Hall–Kier alpha value is -1.31. The van der Waals surface area contributed by atoms with Crippen molar-refractivity contribution in [1.29, 1.82) is 0 Å². The van der Waals surface area contributed by atoms with E-state index >= 15 is 0 Å². The standard InChI is InChI=1S/C13H20N2O4S/c1-9(16)10-5-6-15(8-10)20(17,18)13-7-11(14)3-4-12(13)19-2/h3-4,7,9-10,16H,5-6,8,14H2,1-2H3. The minimum absolute atomic E-state index is 0.0307. The molecule has 0 aliphatic carbocycles. The number of ether oxygens (including phenoxy) is 1. The highest BCUT2D eigenvalue weighted by Crippen LogP contribution is 2.32. The molecule has 1 fully saturated rings. The minimum atomic E-state index is -3.65. The van der Waals surface area contributed by atoms with E-state index in [1.54, 1.807) is 19.1 Å². The van der Waals surface area contributed by atoms with Crippen LogP contribution in [0.4, 0.5) is 5.69 Å². The first-order valence-electron chi connectivity index (χ1n) is 6.48. The van der Waals surface area contributed by atoms with Crippen LogP contribution in [0.15, 0.2) is 23.1 Å². The number of nitrogens with zero attached hydrogens (tertiary/aromatic N) is 1. The highest BCUT2D eigenvalue weighted by Gasteiger charge is 2.35. The molecule has 1 heterocycles. The molecule has 2 rings (SSSR count). The Morgan fingerprint density at radius 2 is 2.20 bits per heavy atom. The lowest BCUT2D eigenvalue weighted by atomic mass is 10.0. The number of nitrogens with two attached hydrogens (primary N) is 1. The number of methoxy groups -OCH3 is 1. The van der Waals surface area contributed by atoms with Crippen LogP contribution in [0.2, 0.25) is 0 Å². The Labute approximate surface area is 119 Å². The highest BCUT2D eigenvalue weighted by atomic mass is 32.2. The van der Waals surface area contributed by atoms with Gasteiger partial charge in [-0.15, -0.1) is 0 Å². The maximum Gasteiger partial charge on any atom is 0.246 e. The fraction of sp³-hybridized carbons (Fsp3) is 0.538. The van der Waals surface area contributed by atoms with Gasteiger partial charge in [-0.25, -0.2) is 8.42 Å². The van der Waals surface area contributed by atoms with Gasteiger partial charge in [0.15, 0.2) is 0 Å². The summed E-state index contributed by atoms with van der Waals surface area (Å²) in [6, 6.07) is 4.55. The first-order chi connectivity index (χ1) is 9.36. The molecule has 2 unspecified atom stereocenters. The lowest BCUT2D eigenvalue weighted by Crippen LogP contribution is -2.30. The molecule has 20 heavy (non-hydrogen) atoms. The lowest BCUT2D eigenvalue weighted by Gasteiger charge is -2.19. The van der Waals surface area contributed by atoms with Crippen LogP contribution < -0.4 is 10.5 Å². The molecule has 1 aliphatic rings. The van der Waals surface area contributed by atoms with Gasteiger partial charge in [0.25, 0.3) is 0 Å². The number of nitrogen functional groups attached to an aromatic ring is 1. The summed E-state index contributed by atoms with van der Waals surface area (Å²) in [7, 11) is -2.23. The Balaban J connectivity index is 2.34. The van der Waals surface area contributed by atoms with E-state index in [1.165, 1.54) is 17.5 Å². The number of rotatable bonds is 4. The number of benzene rings is 1. The van der Waals surface area contributed by atoms with E-state index in [1.807, 2.05) is 0 Å². The van der Waals surface area contributed by atoms with E-state index in [4.69, 9.17) is 10.5 Å². The summed E-state index contributed by atoms with van der Waals surface area (Å²) in [5.74, 6) is 0.247. The first kappa shape index (κ1) is 15.1. The first-order valence-corrected chi connectivity index (χ1v) is 7.92. The van der Waals surface area contributed by atoms with Gasteiger partial charge in [-0.3, -0.25) is 0 Å². The summed E-state index contributed by atoms with van der Waals surface area (Å²) in [6.07, 6.45) is 0.138. The molecule has 0 saturated carbocycles. The van der Waals surface area contributed by atoms with Crippen LogP contribution in [0.25, 0.3) is 0 Å². The van der Waals surface area contributed by atoms with Crippen LogP contribution in [0.1, 0.15) is 13.3 Å². The van der Waals surface area contributed by atoms with Gasteiger partial charge in [0, 0.05) is 18.8 Å². The number of aliphatic hydroxyl groups is 1. The van der Waals surface area contributed by atoms with E-state index in [2.05, 4.69) is 0 Å². The van der Waals surface area contributed by atoms with Gasteiger partial charge >= 0.3 is 0 Å². The minimum Gasteiger partial charge on any atom is -0.495 e. The molecule has 0 aromatic heterocycles. The zero-order valence-corrected chi connectivity index (χ0v) is 12.4. The second kappa shape index (κ2) is 5.59. The van der Waals surface area contributed by atoms with E-state index in [0.717, 1.165) is 0 Å². The average Bonchev–Trinajstić information content (AvgIpc) is 2.89. The topological polar surface area (TPSA) is 92.9 Å². The molecule has 0 bridgehead atoms. The van der Waals surface area contributed by atoms with Crippen molar-refractivity contribution in [3.63, 3.8) is 0 Å². The van der Waals surface area contributed by atoms with Crippen molar-refractivity contribution < 1.29 is 18.3 Å².